The zero-order chi connectivity index (χ0) is 20.9. The normalized spacial score (nSPS) is 17.0. The van der Waals surface area contributed by atoms with Gasteiger partial charge < -0.3 is 20.1 Å². The summed E-state index contributed by atoms with van der Waals surface area (Å²) in [6.07, 6.45) is 3.80. The third kappa shape index (κ3) is 4.51. The van der Waals surface area contributed by atoms with E-state index < -0.39 is 0 Å². The van der Waals surface area contributed by atoms with Crippen molar-refractivity contribution in [3.63, 3.8) is 0 Å². The van der Waals surface area contributed by atoms with Gasteiger partial charge in [-0.05, 0) is 44.0 Å². The maximum absolute atomic E-state index is 6.29. The van der Waals surface area contributed by atoms with E-state index in [4.69, 9.17) is 11.6 Å². The molecule has 0 spiro atoms. The van der Waals surface area contributed by atoms with Crippen LogP contribution in [0.25, 0.3) is 11.0 Å². The molecule has 7 nitrogen and oxygen atoms in total. The van der Waals surface area contributed by atoms with E-state index in [1.54, 1.807) is 6.20 Å². The summed E-state index contributed by atoms with van der Waals surface area (Å²) in [5.41, 5.74) is 2.25. The van der Waals surface area contributed by atoms with Crippen LogP contribution in [0.4, 0.5) is 5.82 Å². The second-order valence-electron chi connectivity index (χ2n) is 7.54. The number of nitrogens with zero attached hydrogens (tertiary/aromatic N) is 5. The molecule has 8 heteroatoms. The van der Waals surface area contributed by atoms with Crippen LogP contribution in [0.2, 0.25) is 5.02 Å². The Hall–Kier alpha value is -2.80. The lowest BCUT2D eigenvalue weighted by molar-refractivity contribution is 0.609. The predicted octanol–water partition coefficient (Wildman–Crippen LogP) is 3.23. The first-order valence-corrected chi connectivity index (χ1v) is 10.8. The molecule has 1 saturated heterocycles. The second kappa shape index (κ2) is 9.34. The van der Waals surface area contributed by atoms with Crippen LogP contribution in [-0.4, -0.2) is 53.2 Å². The Bertz CT molecular complexity index is 1030. The summed E-state index contributed by atoms with van der Waals surface area (Å²) in [6.45, 7) is 5.61. The largest absolute Gasteiger partial charge is 0.356 e. The fourth-order valence-corrected chi connectivity index (χ4v) is 4.23. The van der Waals surface area contributed by atoms with Crippen LogP contribution < -0.4 is 15.5 Å². The molecule has 0 amide bonds. The van der Waals surface area contributed by atoms with Crippen LogP contribution in [0, 0.1) is 6.92 Å². The number of halogens is 1. The summed E-state index contributed by atoms with van der Waals surface area (Å²) in [4.78, 5) is 15.7. The Balaban J connectivity index is 1.26. The number of guanidine groups is 1. The van der Waals surface area contributed by atoms with Gasteiger partial charge in [0.25, 0.3) is 0 Å². The van der Waals surface area contributed by atoms with Crippen LogP contribution in [0.1, 0.15) is 18.7 Å². The van der Waals surface area contributed by atoms with Crippen molar-refractivity contribution in [2.24, 2.45) is 4.99 Å². The Kier molecular flexibility index (Phi) is 6.38. The van der Waals surface area contributed by atoms with Gasteiger partial charge in [-0.1, -0.05) is 23.7 Å². The molecule has 0 aliphatic carbocycles. The van der Waals surface area contributed by atoms with Gasteiger partial charge in [0.15, 0.2) is 5.96 Å². The monoisotopic (exact) mass is 425 g/mol. The zero-order valence-corrected chi connectivity index (χ0v) is 18.2. The number of aromatic nitrogens is 3. The molecule has 1 fully saturated rings. The molecular formula is C22H28ClN7. The number of hydrogen-bond donors (Lipinski definition) is 2. The molecule has 0 bridgehead atoms. The number of nitrogens with one attached hydrogen (secondary N) is 2. The van der Waals surface area contributed by atoms with Crippen molar-refractivity contribution in [3.8, 4) is 0 Å². The van der Waals surface area contributed by atoms with Gasteiger partial charge in [0.1, 0.15) is 11.6 Å². The zero-order valence-electron chi connectivity index (χ0n) is 17.5. The average molecular weight is 426 g/mol. The molecule has 2 N–H and O–H groups in total. The summed E-state index contributed by atoms with van der Waals surface area (Å²) in [5.74, 6) is 2.74. The number of imidazole rings is 1. The molecule has 0 radical (unpaired) electrons. The van der Waals surface area contributed by atoms with Crippen molar-refractivity contribution in [2.45, 2.75) is 32.4 Å². The van der Waals surface area contributed by atoms with Crippen LogP contribution in [0.5, 0.6) is 0 Å². The fraction of sp³-hybridized carbons (Fsp3) is 0.409. The standard InChI is InChI=1S/C22H28ClN7/c1-16-27-19-8-3-4-9-20(19)30(16)13-6-12-26-22(24-2)28-17-10-14-29(15-17)21-18(23)7-5-11-25-21/h3-5,7-9,11,17H,6,10,12-15H2,1-2H3,(H2,24,26,28). The van der Waals surface area contributed by atoms with Crippen LogP contribution in [-0.2, 0) is 6.54 Å². The van der Waals surface area contributed by atoms with E-state index in [9.17, 15) is 0 Å². The number of anilines is 1. The van der Waals surface area contributed by atoms with E-state index in [2.05, 4.69) is 60.2 Å². The Morgan fingerprint density at radius 3 is 2.97 bits per heavy atom. The molecular weight excluding hydrogens is 398 g/mol. The Morgan fingerprint density at radius 1 is 1.27 bits per heavy atom. The first-order valence-electron chi connectivity index (χ1n) is 10.4. The van der Waals surface area contributed by atoms with Crippen LogP contribution in [0.3, 0.4) is 0 Å². The molecule has 4 rings (SSSR count). The van der Waals surface area contributed by atoms with Crippen molar-refractivity contribution in [1.29, 1.82) is 0 Å². The first kappa shape index (κ1) is 20.5. The van der Waals surface area contributed by atoms with Gasteiger partial charge in [-0.15, -0.1) is 0 Å². The predicted molar refractivity (Wildman–Crippen MR) is 123 cm³/mol. The lowest BCUT2D eigenvalue weighted by Gasteiger charge is -2.20. The number of benzene rings is 1. The van der Waals surface area contributed by atoms with E-state index in [0.29, 0.717) is 11.1 Å². The summed E-state index contributed by atoms with van der Waals surface area (Å²) < 4.78 is 2.28. The van der Waals surface area contributed by atoms with Gasteiger partial charge in [-0.25, -0.2) is 9.97 Å². The molecule has 2 aromatic heterocycles. The van der Waals surface area contributed by atoms with E-state index in [-0.39, 0.29) is 0 Å². The molecule has 158 valence electrons. The first-order chi connectivity index (χ1) is 14.7. The second-order valence-corrected chi connectivity index (χ2v) is 7.94. The van der Waals surface area contributed by atoms with E-state index in [0.717, 1.165) is 62.1 Å². The average Bonchev–Trinajstić information content (AvgIpc) is 3.34. The van der Waals surface area contributed by atoms with Gasteiger partial charge >= 0.3 is 0 Å². The fourth-order valence-electron chi connectivity index (χ4n) is 3.99. The Morgan fingerprint density at radius 2 is 2.13 bits per heavy atom. The molecule has 1 atom stereocenters. The third-order valence-corrected chi connectivity index (χ3v) is 5.78. The summed E-state index contributed by atoms with van der Waals surface area (Å²) >= 11 is 6.29. The van der Waals surface area contributed by atoms with Crippen molar-refractivity contribution in [2.75, 3.05) is 31.6 Å². The number of fused-ring (bicyclic) bond motifs is 1. The number of pyridine rings is 1. The van der Waals surface area contributed by atoms with Crippen molar-refractivity contribution in [3.05, 3.63) is 53.4 Å². The lowest BCUT2D eigenvalue weighted by atomic mass is 10.3. The van der Waals surface area contributed by atoms with Crippen LogP contribution >= 0.6 is 11.6 Å². The van der Waals surface area contributed by atoms with Gasteiger partial charge in [0.05, 0.1) is 16.1 Å². The molecule has 30 heavy (non-hydrogen) atoms. The van der Waals surface area contributed by atoms with Gasteiger partial charge in [0, 0.05) is 45.5 Å². The molecule has 3 heterocycles. The lowest BCUT2D eigenvalue weighted by Crippen LogP contribution is -2.45. The van der Waals surface area contributed by atoms with E-state index in [1.165, 1.54) is 5.52 Å². The minimum atomic E-state index is 0.314. The van der Waals surface area contributed by atoms with Crippen LogP contribution in [0.15, 0.2) is 47.6 Å². The maximum Gasteiger partial charge on any atom is 0.191 e. The highest BCUT2D eigenvalue weighted by molar-refractivity contribution is 6.32. The topological polar surface area (TPSA) is 70.4 Å². The van der Waals surface area contributed by atoms with Gasteiger partial charge in [-0.2, -0.15) is 0 Å². The molecule has 1 unspecified atom stereocenters. The summed E-state index contributed by atoms with van der Waals surface area (Å²) in [5, 5.41) is 7.66. The number of aliphatic imine (C=N–C) groups is 1. The summed E-state index contributed by atoms with van der Waals surface area (Å²) in [6, 6.07) is 12.3. The third-order valence-electron chi connectivity index (χ3n) is 5.49. The van der Waals surface area contributed by atoms with Gasteiger partial charge in [-0.3, -0.25) is 4.99 Å². The van der Waals surface area contributed by atoms with Crippen molar-refractivity contribution in [1.82, 2.24) is 25.2 Å². The highest BCUT2D eigenvalue weighted by Gasteiger charge is 2.25. The SMILES string of the molecule is CN=C(NCCCn1c(C)nc2ccccc21)NC1CCN(c2ncccc2Cl)C1. The molecule has 1 aliphatic rings. The van der Waals surface area contributed by atoms with E-state index in [1.807, 2.05) is 25.2 Å². The van der Waals surface area contributed by atoms with Crippen molar-refractivity contribution < 1.29 is 0 Å². The van der Waals surface area contributed by atoms with Crippen molar-refractivity contribution >= 4 is 34.4 Å². The highest BCUT2D eigenvalue weighted by Crippen LogP contribution is 2.25. The molecule has 1 aliphatic heterocycles. The number of para-hydroxylation sites is 2. The number of aryl methyl sites for hydroxylation is 2. The quantitative estimate of drug-likeness (QED) is 0.360. The molecule has 3 aromatic rings. The molecule has 0 saturated carbocycles. The van der Waals surface area contributed by atoms with E-state index >= 15 is 0 Å². The number of hydrogen-bond acceptors (Lipinski definition) is 4. The summed E-state index contributed by atoms with van der Waals surface area (Å²) in [7, 11) is 1.81. The van der Waals surface area contributed by atoms with Gasteiger partial charge in [0.2, 0.25) is 0 Å². The number of rotatable bonds is 6. The highest BCUT2D eigenvalue weighted by atomic mass is 35.5. The Labute approximate surface area is 182 Å². The minimum absolute atomic E-state index is 0.314. The smallest absolute Gasteiger partial charge is 0.191 e. The molecule has 1 aromatic carbocycles. The maximum atomic E-state index is 6.29. The minimum Gasteiger partial charge on any atom is -0.356 e.